The molecule has 1 heterocycles. The summed E-state index contributed by atoms with van der Waals surface area (Å²) in [6.45, 7) is 7.38. The third-order valence-electron chi connectivity index (χ3n) is 2.58. The van der Waals surface area contributed by atoms with Crippen LogP contribution in [-0.2, 0) is 4.74 Å². The van der Waals surface area contributed by atoms with Crippen LogP contribution in [0.5, 0.6) is 0 Å². The summed E-state index contributed by atoms with van der Waals surface area (Å²) in [5, 5.41) is 10.8. The summed E-state index contributed by atoms with van der Waals surface area (Å²) in [6, 6.07) is 2.16. The first kappa shape index (κ1) is 18.7. The number of ether oxygens (including phenoxy) is 1. The summed E-state index contributed by atoms with van der Waals surface area (Å²) in [7, 11) is 1.70. The number of aliphatic imine (C=N–C) groups is 1. The first-order chi connectivity index (χ1) is 8.77. The van der Waals surface area contributed by atoms with Crippen molar-refractivity contribution in [3.8, 4) is 0 Å². The van der Waals surface area contributed by atoms with E-state index in [0.717, 1.165) is 25.6 Å². The molecule has 2 N–H and O–H groups in total. The van der Waals surface area contributed by atoms with Gasteiger partial charge in [-0.05, 0) is 29.3 Å². The molecule has 0 fully saturated rings. The van der Waals surface area contributed by atoms with Gasteiger partial charge in [0.1, 0.15) is 0 Å². The van der Waals surface area contributed by atoms with Crippen LogP contribution in [0.3, 0.4) is 0 Å². The lowest BCUT2D eigenvalue weighted by Crippen LogP contribution is -2.39. The molecule has 1 atom stereocenters. The zero-order chi connectivity index (χ0) is 13.2. The number of guanidine groups is 1. The molecule has 0 bridgehead atoms. The molecule has 110 valence electrons. The van der Waals surface area contributed by atoms with E-state index in [1.807, 2.05) is 0 Å². The molecule has 1 aromatic rings. The molecule has 0 amide bonds. The minimum Gasteiger partial charge on any atom is -0.383 e. The number of methoxy groups -OCH3 is 1. The Labute approximate surface area is 137 Å². The normalized spacial score (nSPS) is 12.7. The lowest BCUT2D eigenvalue weighted by molar-refractivity contribution is 0.203. The number of hydrogen-bond acceptors (Lipinski definition) is 3. The maximum absolute atomic E-state index is 5.01. The molecule has 0 aliphatic heterocycles. The van der Waals surface area contributed by atoms with Crippen molar-refractivity contribution in [2.45, 2.75) is 19.8 Å². The highest BCUT2D eigenvalue weighted by molar-refractivity contribution is 14.0. The monoisotopic (exact) mass is 397 g/mol. The summed E-state index contributed by atoms with van der Waals surface area (Å²) in [5.41, 5.74) is 1.36. The molecule has 6 heteroatoms. The van der Waals surface area contributed by atoms with Gasteiger partial charge in [0, 0.05) is 32.7 Å². The summed E-state index contributed by atoms with van der Waals surface area (Å²) in [5.74, 6) is 1.31. The summed E-state index contributed by atoms with van der Waals surface area (Å²) in [4.78, 5) is 4.58. The lowest BCUT2D eigenvalue weighted by atomic mass is 10.1. The first-order valence-corrected chi connectivity index (χ1v) is 7.25. The molecule has 0 aromatic carbocycles. The Morgan fingerprint density at radius 3 is 2.84 bits per heavy atom. The van der Waals surface area contributed by atoms with Crippen LogP contribution in [0.25, 0.3) is 0 Å². The molecule has 1 unspecified atom stereocenters. The molecule has 19 heavy (non-hydrogen) atoms. The SMILES string of the molecule is CCNC(=NCC(C)c1ccsc1)NCCOC.I. The molecule has 0 saturated carbocycles. The van der Waals surface area contributed by atoms with E-state index in [-0.39, 0.29) is 24.0 Å². The van der Waals surface area contributed by atoms with E-state index < -0.39 is 0 Å². The van der Waals surface area contributed by atoms with Crippen molar-refractivity contribution in [1.82, 2.24) is 10.6 Å². The van der Waals surface area contributed by atoms with E-state index in [1.54, 1.807) is 18.4 Å². The van der Waals surface area contributed by atoms with Crippen LogP contribution in [0, 0.1) is 0 Å². The van der Waals surface area contributed by atoms with E-state index in [1.165, 1.54) is 5.56 Å². The lowest BCUT2D eigenvalue weighted by Gasteiger charge is -2.12. The molecule has 1 rings (SSSR count). The fourth-order valence-corrected chi connectivity index (χ4v) is 2.28. The standard InChI is InChI=1S/C13H23N3OS.HI/c1-4-14-13(15-6-7-17-3)16-9-11(2)12-5-8-18-10-12;/h5,8,10-11H,4,6-7,9H2,1-3H3,(H2,14,15,16);1H. The Morgan fingerprint density at radius 1 is 1.47 bits per heavy atom. The molecule has 0 saturated heterocycles. The summed E-state index contributed by atoms with van der Waals surface area (Å²) < 4.78 is 5.01. The van der Waals surface area contributed by atoms with Crippen molar-refractivity contribution in [3.63, 3.8) is 0 Å². The molecular formula is C13H24IN3OS. The quantitative estimate of drug-likeness (QED) is 0.322. The van der Waals surface area contributed by atoms with E-state index >= 15 is 0 Å². The van der Waals surface area contributed by atoms with Gasteiger partial charge in [-0.3, -0.25) is 4.99 Å². The zero-order valence-corrected chi connectivity index (χ0v) is 15.0. The van der Waals surface area contributed by atoms with Gasteiger partial charge in [-0.2, -0.15) is 11.3 Å². The van der Waals surface area contributed by atoms with Gasteiger partial charge in [0.15, 0.2) is 5.96 Å². The van der Waals surface area contributed by atoms with Crippen molar-refractivity contribution in [1.29, 1.82) is 0 Å². The largest absolute Gasteiger partial charge is 0.383 e. The van der Waals surface area contributed by atoms with Gasteiger partial charge in [-0.1, -0.05) is 6.92 Å². The van der Waals surface area contributed by atoms with E-state index in [4.69, 9.17) is 4.74 Å². The third kappa shape index (κ3) is 7.74. The molecule has 0 spiro atoms. The molecule has 0 radical (unpaired) electrons. The maximum Gasteiger partial charge on any atom is 0.191 e. The Morgan fingerprint density at radius 2 is 2.26 bits per heavy atom. The molecule has 0 aliphatic rings. The van der Waals surface area contributed by atoms with Crippen LogP contribution in [0.1, 0.15) is 25.3 Å². The van der Waals surface area contributed by atoms with E-state index in [0.29, 0.717) is 12.5 Å². The number of nitrogens with zero attached hydrogens (tertiary/aromatic N) is 1. The van der Waals surface area contributed by atoms with Crippen molar-refractivity contribution in [2.24, 2.45) is 4.99 Å². The second kappa shape index (κ2) is 11.5. The van der Waals surface area contributed by atoms with Gasteiger partial charge < -0.3 is 15.4 Å². The van der Waals surface area contributed by atoms with Gasteiger partial charge in [0.05, 0.1) is 6.61 Å². The highest BCUT2D eigenvalue weighted by Crippen LogP contribution is 2.18. The number of halogens is 1. The predicted octanol–water partition coefficient (Wildman–Crippen LogP) is 2.67. The van der Waals surface area contributed by atoms with Gasteiger partial charge in [-0.15, -0.1) is 24.0 Å². The minimum absolute atomic E-state index is 0. The Kier molecular flexibility index (Phi) is 11.3. The Balaban J connectivity index is 0.00000324. The summed E-state index contributed by atoms with van der Waals surface area (Å²) >= 11 is 1.73. The Hall–Kier alpha value is -0.340. The topological polar surface area (TPSA) is 45.7 Å². The van der Waals surface area contributed by atoms with Gasteiger partial charge in [-0.25, -0.2) is 0 Å². The van der Waals surface area contributed by atoms with Crippen molar-refractivity contribution >= 4 is 41.3 Å². The first-order valence-electron chi connectivity index (χ1n) is 6.31. The van der Waals surface area contributed by atoms with Crippen molar-refractivity contribution in [3.05, 3.63) is 22.4 Å². The molecular weight excluding hydrogens is 373 g/mol. The van der Waals surface area contributed by atoms with Crippen molar-refractivity contribution < 1.29 is 4.74 Å². The van der Waals surface area contributed by atoms with E-state index in [9.17, 15) is 0 Å². The number of nitrogens with one attached hydrogen (secondary N) is 2. The zero-order valence-electron chi connectivity index (χ0n) is 11.8. The second-order valence-electron chi connectivity index (χ2n) is 4.10. The van der Waals surface area contributed by atoms with Crippen LogP contribution in [-0.4, -0.2) is 39.3 Å². The van der Waals surface area contributed by atoms with Crippen LogP contribution in [0.2, 0.25) is 0 Å². The van der Waals surface area contributed by atoms with Crippen LogP contribution in [0.4, 0.5) is 0 Å². The fraction of sp³-hybridized carbons (Fsp3) is 0.615. The maximum atomic E-state index is 5.01. The average Bonchev–Trinajstić information content (AvgIpc) is 2.89. The van der Waals surface area contributed by atoms with Gasteiger partial charge >= 0.3 is 0 Å². The molecule has 4 nitrogen and oxygen atoms in total. The van der Waals surface area contributed by atoms with E-state index in [2.05, 4.69) is 46.3 Å². The molecule has 1 aromatic heterocycles. The number of hydrogen-bond donors (Lipinski definition) is 2. The number of rotatable bonds is 7. The highest BCUT2D eigenvalue weighted by Gasteiger charge is 2.05. The molecule has 0 aliphatic carbocycles. The van der Waals surface area contributed by atoms with Gasteiger partial charge in [0.25, 0.3) is 0 Å². The Bertz CT molecular complexity index is 344. The minimum atomic E-state index is 0. The third-order valence-corrected chi connectivity index (χ3v) is 3.28. The highest BCUT2D eigenvalue weighted by atomic mass is 127. The summed E-state index contributed by atoms with van der Waals surface area (Å²) in [6.07, 6.45) is 0. The van der Waals surface area contributed by atoms with Gasteiger partial charge in [0.2, 0.25) is 0 Å². The van der Waals surface area contributed by atoms with Crippen LogP contribution < -0.4 is 10.6 Å². The number of thiophene rings is 1. The smallest absolute Gasteiger partial charge is 0.191 e. The van der Waals surface area contributed by atoms with Crippen LogP contribution in [0.15, 0.2) is 21.8 Å². The van der Waals surface area contributed by atoms with Crippen molar-refractivity contribution in [2.75, 3.05) is 33.4 Å². The fourth-order valence-electron chi connectivity index (χ4n) is 1.50. The average molecular weight is 397 g/mol. The van der Waals surface area contributed by atoms with Crippen LogP contribution >= 0.6 is 35.3 Å². The second-order valence-corrected chi connectivity index (χ2v) is 4.88. The predicted molar refractivity (Wildman–Crippen MR) is 94.0 cm³/mol.